The first-order chi connectivity index (χ1) is 11.5. The van der Waals surface area contributed by atoms with Crippen LogP contribution in [-0.2, 0) is 4.74 Å². The highest BCUT2D eigenvalue weighted by Crippen LogP contribution is 2.29. The number of halogens is 2. The summed E-state index contributed by atoms with van der Waals surface area (Å²) >= 11 is 0.929. The Hall–Kier alpha value is -2.87. The summed E-state index contributed by atoms with van der Waals surface area (Å²) in [5.74, 6) is -2.79. The standard InChI is InChI=1S/C16H10F2N2O3S/c1-23-15(22)10-5-3-2-4-9(10)14(21)20-16-19-13-11(18)6-8(17)7-12(13)24-16/h2-7H,1H3,(H,19,20,21). The van der Waals surface area contributed by atoms with E-state index in [1.165, 1.54) is 19.2 Å². The molecule has 0 bridgehead atoms. The van der Waals surface area contributed by atoms with Gasteiger partial charge in [-0.1, -0.05) is 23.5 Å². The normalized spacial score (nSPS) is 10.6. The van der Waals surface area contributed by atoms with E-state index in [9.17, 15) is 18.4 Å². The Morgan fingerprint density at radius 3 is 2.58 bits per heavy atom. The molecule has 5 nitrogen and oxygen atoms in total. The number of thiazole rings is 1. The first-order valence-electron chi connectivity index (χ1n) is 6.74. The van der Waals surface area contributed by atoms with Gasteiger partial charge in [0.2, 0.25) is 0 Å². The molecular formula is C16H10F2N2O3S. The lowest BCUT2D eigenvalue weighted by Crippen LogP contribution is -2.16. The molecule has 0 aliphatic carbocycles. The summed E-state index contributed by atoms with van der Waals surface area (Å²) in [7, 11) is 1.21. The number of anilines is 1. The summed E-state index contributed by atoms with van der Waals surface area (Å²) in [5, 5.41) is 2.58. The van der Waals surface area contributed by atoms with Gasteiger partial charge in [-0.05, 0) is 18.2 Å². The third kappa shape index (κ3) is 2.95. The first kappa shape index (κ1) is 16.0. The van der Waals surface area contributed by atoms with Crippen molar-refractivity contribution in [3.8, 4) is 0 Å². The molecule has 2 aromatic carbocycles. The molecule has 0 radical (unpaired) electrons. The van der Waals surface area contributed by atoms with Crippen molar-refractivity contribution in [3.63, 3.8) is 0 Å². The summed E-state index contributed by atoms with van der Waals surface area (Å²) in [6.45, 7) is 0. The molecule has 0 saturated carbocycles. The van der Waals surface area contributed by atoms with Crippen molar-refractivity contribution in [1.82, 2.24) is 4.98 Å². The maximum Gasteiger partial charge on any atom is 0.338 e. The molecular weight excluding hydrogens is 338 g/mol. The monoisotopic (exact) mass is 348 g/mol. The highest BCUT2D eigenvalue weighted by molar-refractivity contribution is 7.22. The molecule has 8 heteroatoms. The number of esters is 1. The first-order valence-corrected chi connectivity index (χ1v) is 7.55. The fourth-order valence-electron chi connectivity index (χ4n) is 2.14. The molecule has 1 heterocycles. The Kier molecular flexibility index (Phi) is 4.22. The predicted molar refractivity (Wildman–Crippen MR) is 85.3 cm³/mol. The highest BCUT2D eigenvalue weighted by atomic mass is 32.1. The summed E-state index contributed by atoms with van der Waals surface area (Å²) in [6, 6.07) is 7.95. The number of ether oxygens (including phenoxy) is 1. The molecule has 0 spiro atoms. The lowest BCUT2D eigenvalue weighted by molar-refractivity contribution is 0.0597. The Balaban J connectivity index is 1.93. The van der Waals surface area contributed by atoms with Crippen molar-refractivity contribution in [1.29, 1.82) is 0 Å². The van der Waals surface area contributed by atoms with Gasteiger partial charge in [0, 0.05) is 6.07 Å². The summed E-state index contributed by atoms with van der Waals surface area (Å²) in [4.78, 5) is 28.0. The number of methoxy groups -OCH3 is 1. The van der Waals surface area contributed by atoms with Crippen LogP contribution in [0.4, 0.5) is 13.9 Å². The number of nitrogens with one attached hydrogen (secondary N) is 1. The average Bonchev–Trinajstić information content (AvgIpc) is 2.96. The lowest BCUT2D eigenvalue weighted by Gasteiger charge is -2.06. The van der Waals surface area contributed by atoms with E-state index in [1.54, 1.807) is 12.1 Å². The van der Waals surface area contributed by atoms with Crippen LogP contribution in [0.25, 0.3) is 10.2 Å². The summed E-state index contributed by atoms with van der Waals surface area (Å²) in [5.41, 5.74) is 0.157. The van der Waals surface area contributed by atoms with Crippen LogP contribution >= 0.6 is 11.3 Å². The zero-order valence-electron chi connectivity index (χ0n) is 12.3. The van der Waals surface area contributed by atoms with Crippen molar-refractivity contribution in [3.05, 3.63) is 59.2 Å². The molecule has 0 saturated heterocycles. The van der Waals surface area contributed by atoms with E-state index in [4.69, 9.17) is 0 Å². The highest BCUT2D eigenvalue weighted by Gasteiger charge is 2.19. The van der Waals surface area contributed by atoms with Crippen LogP contribution < -0.4 is 5.32 Å². The second-order valence-corrected chi connectivity index (χ2v) is 5.78. The van der Waals surface area contributed by atoms with Gasteiger partial charge >= 0.3 is 5.97 Å². The predicted octanol–water partition coefficient (Wildman–Crippen LogP) is 3.61. The van der Waals surface area contributed by atoms with Gasteiger partial charge in [-0.15, -0.1) is 0 Å². The quantitative estimate of drug-likeness (QED) is 0.734. The van der Waals surface area contributed by atoms with E-state index in [-0.39, 0.29) is 26.5 Å². The second kappa shape index (κ2) is 6.32. The van der Waals surface area contributed by atoms with E-state index >= 15 is 0 Å². The number of carbonyl (C=O) groups is 2. The van der Waals surface area contributed by atoms with Gasteiger partial charge < -0.3 is 4.74 Å². The largest absolute Gasteiger partial charge is 0.465 e. The molecule has 122 valence electrons. The molecule has 3 aromatic rings. The minimum Gasteiger partial charge on any atom is -0.465 e. The van der Waals surface area contributed by atoms with Crippen molar-refractivity contribution in [2.45, 2.75) is 0 Å². The van der Waals surface area contributed by atoms with Gasteiger partial charge in [-0.25, -0.2) is 18.6 Å². The number of aromatic nitrogens is 1. The van der Waals surface area contributed by atoms with E-state index in [1.807, 2.05) is 0 Å². The second-order valence-electron chi connectivity index (χ2n) is 4.74. The minimum atomic E-state index is -0.809. The van der Waals surface area contributed by atoms with E-state index < -0.39 is 23.5 Å². The topological polar surface area (TPSA) is 68.3 Å². The van der Waals surface area contributed by atoms with Crippen LogP contribution in [0.3, 0.4) is 0 Å². The van der Waals surface area contributed by atoms with Gasteiger partial charge in [-0.2, -0.15) is 0 Å². The number of fused-ring (bicyclic) bond motifs is 1. The van der Waals surface area contributed by atoms with Crippen LogP contribution in [0, 0.1) is 11.6 Å². The van der Waals surface area contributed by atoms with Gasteiger partial charge in [0.05, 0.1) is 22.9 Å². The zero-order valence-corrected chi connectivity index (χ0v) is 13.1. The van der Waals surface area contributed by atoms with Crippen molar-refractivity contribution in [2.24, 2.45) is 0 Å². The zero-order chi connectivity index (χ0) is 17.3. The third-order valence-electron chi connectivity index (χ3n) is 3.21. The van der Waals surface area contributed by atoms with Crippen molar-refractivity contribution in [2.75, 3.05) is 12.4 Å². The van der Waals surface area contributed by atoms with E-state index in [2.05, 4.69) is 15.0 Å². The Morgan fingerprint density at radius 2 is 1.88 bits per heavy atom. The Bertz CT molecular complexity index is 956. The Morgan fingerprint density at radius 1 is 1.17 bits per heavy atom. The number of hydrogen-bond acceptors (Lipinski definition) is 5. The molecule has 0 fully saturated rings. The van der Waals surface area contributed by atoms with Gasteiger partial charge in [-0.3, -0.25) is 10.1 Å². The van der Waals surface area contributed by atoms with E-state index in [0.717, 1.165) is 23.5 Å². The van der Waals surface area contributed by atoms with Gasteiger partial charge in [0.1, 0.15) is 11.3 Å². The minimum absolute atomic E-state index is 0.0297. The van der Waals surface area contributed by atoms with Crippen LogP contribution in [0.5, 0.6) is 0 Å². The van der Waals surface area contributed by atoms with Crippen LogP contribution in [0.15, 0.2) is 36.4 Å². The molecule has 0 unspecified atom stereocenters. The molecule has 24 heavy (non-hydrogen) atoms. The molecule has 3 rings (SSSR count). The molecule has 1 aromatic heterocycles. The van der Waals surface area contributed by atoms with Crippen molar-refractivity contribution >= 4 is 38.6 Å². The number of benzene rings is 2. The number of amides is 1. The number of hydrogen-bond donors (Lipinski definition) is 1. The molecule has 1 N–H and O–H groups in total. The summed E-state index contributed by atoms with van der Waals surface area (Å²) < 4.78 is 31.8. The average molecular weight is 348 g/mol. The number of carbonyl (C=O) groups excluding carboxylic acids is 2. The third-order valence-corrected chi connectivity index (χ3v) is 4.13. The molecule has 0 aliphatic heterocycles. The molecule has 0 atom stereocenters. The number of nitrogens with zero attached hydrogens (tertiary/aromatic N) is 1. The van der Waals surface area contributed by atoms with Gasteiger partial charge in [0.15, 0.2) is 10.9 Å². The summed E-state index contributed by atoms with van der Waals surface area (Å²) in [6.07, 6.45) is 0. The SMILES string of the molecule is COC(=O)c1ccccc1C(=O)Nc1nc2c(F)cc(F)cc2s1. The van der Waals surface area contributed by atoms with Crippen molar-refractivity contribution < 1.29 is 23.1 Å². The van der Waals surface area contributed by atoms with Gasteiger partial charge in [0.25, 0.3) is 5.91 Å². The fourth-order valence-corrected chi connectivity index (χ4v) is 3.04. The van der Waals surface area contributed by atoms with Crippen LogP contribution in [-0.4, -0.2) is 24.0 Å². The molecule has 0 aliphatic rings. The van der Waals surface area contributed by atoms with Crippen LogP contribution in [0.2, 0.25) is 0 Å². The van der Waals surface area contributed by atoms with E-state index in [0.29, 0.717) is 0 Å². The maximum atomic E-state index is 13.7. The lowest BCUT2D eigenvalue weighted by atomic mass is 10.1. The van der Waals surface area contributed by atoms with Crippen LogP contribution in [0.1, 0.15) is 20.7 Å². The molecule has 1 amide bonds. The number of rotatable bonds is 3. The Labute approximate surface area is 138 Å². The smallest absolute Gasteiger partial charge is 0.338 e. The maximum absolute atomic E-state index is 13.7. The fraction of sp³-hybridized carbons (Fsp3) is 0.0625.